The van der Waals surface area contributed by atoms with E-state index in [4.69, 9.17) is 5.11 Å². The summed E-state index contributed by atoms with van der Waals surface area (Å²) in [5.74, 6) is -1.37. The van der Waals surface area contributed by atoms with Gasteiger partial charge in [-0.2, -0.15) is 0 Å². The van der Waals surface area contributed by atoms with Crippen molar-refractivity contribution < 1.29 is 19.8 Å². The van der Waals surface area contributed by atoms with Crippen molar-refractivity contribution in [3.8, 4) is 0 Å². The van der Waals surface area contributed by atoms with Gasteiger partial charge >= 0.3 is 11.9 Å². The van der Waals surface area contributed by atoms with Crippen molar-refractivity contribution in [2.45, 2.75) is 31.7 Å². The predicted molar refractivity (Wildman–Crippen MR) is 56.0 cm³/mol. The van der Waals surface area contributed by atoms with Crippen LogP contribution in [0.25, 0.3) is 0 Å². The van der Waals surface area contributed by atoms with Gasteiger partial charge in [0.1, 0.15) is 0 Å². The molecule has 4 unspecified atom stereocenters. The fourth-order valence-electron chi connectivity index (χ4n) is 3.39. The molecule has 2 saturated carbocycles. The Kier molecular flexibility index (Phi) is 3.14. The van der Waals surface area contributed by atoms with Crippen LogP contribution >= 0.6 is 0 Å². The fourth-order valence-corrected chi connectivity index (χ4v) is 3.39. The van der Waals surface area contributed by atoms with Gasteiger partial charge in [-0.3, -0.25) is 9.59 Å². The summed E-state index contributed by atoms with van der Waals surface area (Å²) in [6.07, 6.45) is 4.01. The zero-order chi connectivity index (χ0) is 11.7. The summed E-state index contributed by atoms with van der Waals surface area (Å²) in [5, 5.41) is 20.7. The molecule has 16 heavy (non-hydrogen) atoms. The average Bonchev–Trinajstić information content (AvgIpc) is 2.71. The first-order chi connectivity index (χ1) is 7.59. The van der Waals surface area contributed by atoms with Gasteiger partial charge in [-0.25, -0.2) is 0 Å². The Balaban J connectivity index is 2.02. The van der Waals surface area contributed by atoms with E-state index in [0.717, 1.165) is 25.7 Å². The van der Waals surface area contributed by atoms with Gasteiger partial charge in [0, 0.05) is 6.04 Å². The second-order valence-corrected chi connectivity index (χ2v) is 4.84. The summed E-state index contributed by atoms with van der Waals surface area (Å²) >= 11 is 0. The van der Waals surface area contributed by atoms with Crippen molar-refractivity contribution in [2.75, 3.05) is 6.54 Å². The number of rotatable bonds is 4. The third-order valence-electron chi connectivity index (χ3n) is 3.97. The monoisotopic (exact) mass is 227 g/mol. The van der Waals surface area contributed by atoms with Gasteiger partial charge in [0.05, 0.1) is 12.5 Å². The summed E-state index contributed by atoms with van der Waals surface area (Å²) in [7, 11) is 0. The molecule has 0 spiro atoms. The normalized spacial score (nSPS) is 37.2. The van der Waals surface area contributed by atoms with Crippen LogP contribution in [0.2, 0.25) is 0 Å². The lowest BCUT2D eigenvalue weighted by molar-refractivity contribution is -0.144. The molecule has 2 fully saturated rings. The quantitative estimate of drug-likeness (QED) is 0.653. The van der Waals surface area contributed by atoms with Gasteiger partial charge in [-0.15, -0.1) is 0 Å². The molecule has 0 radical (unpaired) electrons. The number of nitrogens with one attached hydrogen (secondary N) is 1. The summed E-state index contributed by atoms with van der Waals surface area (Å²) in [4.78, 5) is 21.7. The highest BCUT2D eigenvalue weighted by molar-refractivity contribution is 5.73. The van der Waals surface area contributed by atoms with E-state index in [1.165, 1.54) is 0 Å². The van der Waals surface area contributed by atoms with Crippen molar-refractivity contribution in [3.63, 3.8) is 0 Å². The van der Waals surface area contributed by atoms with E-state index < -0.39 is 17.9 Å². The fraction of sp³-hybridized carbons (Fsp3) is 0.818. The van der Waals surface area contributed by atoms with Crippen LogP contribution in [0.5, 0.6) is 0 Å². The highest BCUT2D eigenvalue weighted by Crippen LogP contribution is 2.47. The maximum absolute atomic E-state index is 11.2. The zero-order valence-corrected chi connectivity index (χ0v) is 9.06. The van der Waals surface area contributed by atoms with Crippen molar-refractivity contribution in [1.29, 1.82) is 0 Å². The molecule has 2 rings (SSSR count). The third kappa shape index (κ3) is 2.04. The van der Waals surface area contributed by atoms with Crippen molar-refractivity contribution in [3.05, 3.63) is 0 Å². The summed E-state index contributed by atoms with van der Waals surface area (Å²) < 4.78 is 0. The number of hydrogen-bond donors (Lipinski definition) is 3. The SMILES string of the molecule is O=C(O)CNC1CC2CCCC2C1C(=O)O. The maximum Gasteiger partial charge on any atom is 0.317 e. The smallest absolute Gasteiger partial charge is 0.317 e. The number of aliphatic carboxylic acids is 2. The predicted octanol–water partition coefficient (Wildman–Crippen LogP) is 0.550. The van der Waals surface area contributed by atoms with E-state index in [-0.39, 0.29) is 18.5 Å². The molecule has 0 bridgehead atoms. The molecule has 3 N–H and O–H groups in total. The maximum atomic E-state index is 11.2. The highest BCUT2D eigenvalue weighted by Gasteiger charge is 2.48. The first-order valence-corrected chi connectivity index (χ1v) is 5.77. The van der Waals surface area contributed by atoms with Gasteiger partial charge in [0.2, 0.25) is 0 Å². The molecule has 5 heteroatoms. The molecule has 0 aliphatic heterocycles. The number of carboxylic acid groups (broad SMARTS) is 2. The van der Waals surface area contributed by atoms with E-state index in [0.29, 0.717) is 5.92 Å². The topological polar surface area (TPSA) is 86.6 Å². The molecule has 0 saturated heterocycles. The van der Waals surface area contributed by atoms with Crippen LogP contribution in [0.15, 0.2) is 0 Å². The van der Waals surface area contributed by atoms with Gasteiger partial charge in [-0.1, -0.05) is 12.8 Å². The second kappa shape index (κ2) is 4.41. The standard InChI is InChI=1S/C11H17NO4/c13-9(14)5-12-8-4-6-2-1-3-7(6)10(8)11(15)16/h6-8,10,12H,1-5H2,(H,13,14)(H,15,16). The second-order valence-electron chi connectivity index (χ2n) is 4.84. The van der Waals surface area contributed by atoms with Gasteiger partial charge in [0.15, 0.2) is 0 Å². The van der Waals surface area contributed by atoms with Crippen LogP contribution in [0.1, 0.15) is 25.7 Å². The largest absolute Gasteiger partial charge is 0.481 e. The lowest BCUT2D eigenvalue weighted by atomic mass is 9.91. The lowest BCUT2D eigenvalue weighted by Crippen LogP contribution is -2.41. The number of fused-ring (bicyclic) bond motifs is 1. The van der Waals surface area contributed by atoms with Crippen LogP contribution in [-0.2, 0) is 9.59 Å². The Morgan fingerprint density at radius 2 is 2.00 bits per heavy atom. The molecular weight excluding hydrogens is 210 g/mol. The molecule has 5 nitrogen and oxygen atoms in total. The molecule has 0 aromatic carbocycles. The Morgan fingerprint density at radius 3 is 2.62 bits per heavy atom. The Bertz CT molecular complexity index is 304. The number of hydrogen-bond acceptors (Lipinski definition) is 3. The summed E-state index contributed by atoms with van der Waals surface area (Å²) in [6, 6.07) is -0.163. The Labute approximate surface area is 93.8 Å². The molecule has 0 aromatic rings. The molecule has 4 atom stereocenters. The van der Waals surface area contributed by atoms with Crippen LogP contribution in [-0.4, -0.2) is 34.7 Å². The first kappa shape index (κ1) is 11.4. The minimum atomic E-state index is -0.929. The van der Waals surface area contributed by atoms with Gasteiger partial charge in [0.25, 0.3) is 0 Å². The van der Waals surface area contributed by atoms with Crippen LogP contribution in [0, 0.1) is 17.8 Å². The summed E-state index contributed by atoms with van der Waals surface area (Å²) in [5.41, 5.74) is 0. The zero-order valence-electron chi connectivity index (χ0n) is 9.06. The molecular formula is C11H17NO4. The first-order valence-electron chi connectivity index (χ1n) is 5.77. The molecule has 0 aromatic heterocycles. The van der Waals surface area contributed by atoms with Gasteiger partial charge < -0.3 is 15.5 Å². The Morgan fingerprint density at radius 1 is 1.25 bits per heavy atom. The molecule has 90 valence electrons. The molecule has 2 aliphatic carbocycles. The average molecular weight is 227 g/mol. The molecule has 0 heterocycles. The lowest BCUT2D eigenvalue weighted by Gasteiger charge is -2.20. The van der Waals surface area contributed by atoms with E-state index in [1.54, 1.807) is 0 Å². The number of carbonyl (C=O) groups is 2. The molecule has 2 aliphatic rings. The molecule has 0 amide bonds. The van der Waals surface area contributed by atoms with E-state index in [1.807, 2.05) is 0 Å². The van der Waals surface area contributed by atoms with Gasteiger partial charge in [-0.05, 0) is 24.7 Å². The van der Waals surface area contributed by atoms with E-state index in [9.17, 15) is 14.7 Å². The van der Waals surface area contributed by atoms with Crippen LogP contribution in [0.3, 0.4) is 0 Å². The Hall–Kier alpha value is -1.10. The summed E-state index contributed by atoms with van der Waals surface area (Å²) in [6.45, 7) is -0.145. The third-order valence-corrected chi connectivity index (χ3v) is 3.97. The van der Waals surface area contributed by atoms with Crippen LogP contribution < -0.4 is 5.32 Å². The van der Waals surface area contributed by atoms with Crippen molar-refractivity contribution >= 4 is 11.9 Å². The van der Waals surface area contributed by atoms with E-state index in [2.05, 4.69) is 5.32 Å². The van der Waals surface area contributed by atoms with Crippen molar-refractivity contribution in [2.24, 2.45) is 17.8 Å². The minimum absolute atomic E-state index is 0.145. The van der Waals surface area contributed by atoms with Crippen LogP contribution in [0.4, 0.5) is 0 Å². The minimum Gasteiger partial charge on any atom is -0.481 e. The highest BCUT2D eigenvalue weighted by atomic mass is 16.4. The van der Waals surface area contributed by atoms with Crippen molar-refractivity contribution in [1.82, 2.24) is 5.32 Å². The van der Waals surface area contributed by atoms with E-state index >= 15 is 0 Å². The number of carboxylic acids is 2.